The molecule has 1 heterocycles. The molecule has 3 aromatic rings. The maximum absolute atomic E-state index is 6.24. The van der Waals surface area contributed by atoms with Crippen LogP contribution in [0, 0.1) is 0 Å². The summed E-state index contributed by atoms with van der Waals surface area (Å²) in [6.07, 6.45) is 2.02. The van der Waals surface area contributed by atoms with Crippen molar-refractivity contribution in [2.45, 2.75) is 6.54 Å². The summed E-state index contributed by atoms with van der Waals surface area (Å²) < 4.78 is 7.49. The van der Waals surface area contributed by atoms with Crippen LogP contribution in [0.4, 0.5) is 5.69 Å². The molecule has 0 aliphatic rings. The number of fused-ring (bicyclic) bond motifs is 1. The first kappa shape index (κ1) is 12.9. The quantitative estimate of drug-likeness (QED) is 0.741. The van der Waals surface area contributed by atoms with Crippen LogP contribution >= 0.6 is 11.6 Å². The van der Waals surface area contributed by atoms with Crippen molar-refractivity contribution in [1.82, 2.24) is 4.57 Å². The molecule has 0 unspecified atom stereocenters. The molecule has 20 heavy (non-hydrogen) atoms. The Balaban J connectivity index is 2.08. The number of halogens is 1. The molecule has 0 aliphatic carbocycles. The number of ether oxygens (including phenoxy) is 1. The average molecular weight is 287 g/mol. The summed E-state index contributed by atoms with van der Waals surface area (Å²) in [5, 5.41) is 1.77. The number of rotatable bonds is 3. The fraction of sp³-hybridized carbons (Fsp3) is 0.125. The molecule has 3 nitrogen and oxygen atoms in total. The zero-order valence-corrected chi connectivity index (χ0v) is 11.9. The van der Waals surface area contributed by atoms with Gasteiger partial charge in [0.1, 0.15) is 5.75 Å². The summed E-state index contributed by atoms with van der Waals surface area (Å²) in [6, 6.07) is 13.6. The summed E-state index contributed by atoms with van der Waals surface area (Å²) in [5.74, 6) is 0.869. The van der Waals surface area contributed by atoms with E-state index in [2.05, 4.69) is 10.6 Å². The predicted octanol–water partition coefficient (Wildman–Crippen LogP) is 3.93. The van der Waals surface area contributed by atoms with Crippen LogP contribution in [-0.2, 0) is 6.54 Å². The Kier molecular flexibility index (Phi) is 3.28. The van der Waals surface area contributed by atoms with E-state index >= 15 is 0 Å². The molecule has 0 saturated heterocycles. The maximum Gasteiger partial charge on any atom is 0.128 e. The van der Waals surface area contributed by atoms with E-state index in [-0.39, 0.29) is 0 Å². The van der Waals surface area contributed by atoms with Gasteiger partial charge in [-0.15, -0.1) is 0 Å². The molecular formula is C16H15ClN2O. The third kappa shape index (κ3) is 2.10. The highest BCUT2D eigenvalue weighted by molar-refractivity contribution is 6.31. The minimum absolute atomic E-state index is 0.641. The van der Waals surface area contributed by atoms with Crippen LogP contribution in [0.5, 0.6) is 5.75 Å². The SMILES string of the molecule is COc1cccc2c1ccn2Cc1c(N)cccc1Cl. The van der Waals surface area contributed by atoms with Gasteiger partial charge in [-0.3, -0.25) is 0 Å². The molecule has 0 saturated carbocycles. The fourth-order valence-corrected chi connectivity index (χ4v) is 2.67. The summed E-state index contributed by atoms with van der Waals surface area (Å²) >= 11 is 6.24. The third-order valence-corrected chi connectivity index (χ3v) is 3.83. The van der Waals surface area contributed by atoms with E-state index in [1.807, 2.05) is 42.6 Å². The number of anilines is 1. The van der Waals surface area contributed by atoms with Gasteiger partial charge in [0.25, 0.3) is 0 Å². The number of aromatic nitrogens is 1. The maximum atomic E-state index is 6.24. The second-order valence-electron chi connectivity index (χ2n) is 4.64. The van der Waals surface area contributed by atoms with Crippen molar-refractivity contribution >= 4 is 28.2 Å². The molecule has 4 heteroatoms. The van der Waals surface area contributed by atoms with E-state index in [4.69, 9.17) is 22.1 Å². The zero-order valence-electron chi connectivity index (χ0n) is 11.1. The van der Waals surface area contributed by atoms with Gasteiger partial charge < -0.3 is 15.0 Å². The van der Waals surface area contributed by atoms with Crippen LogP contribution in [0.1, 0.15) is 5.56 Å². The first-order valence-electron chi connectivity index (χ1n) is 6.35. The van der Waals surface area contributed by atoms with Crippen molar-refractivity contribution in [1.29, 1.82) is 0 Å². The highest BCUT2D eigenvalue weighted by Gasteiger charge is 2.09. The van der Waals surface area contributed by atoms with E-state index in [1.165, 1.54) is 0 Å². The van der Waals surface area contributed by atoms with E-state index in [9.17, 15) is 0 Å². The summed E-state index contributed by atoms with van der Waals surface area (Å²) in [4.78, 5) is 0. The van der Waals surface area contributed by atoms with Crippen molar-refractivity contribution in [3.8, 4) is 5.75 Å². The Labute approximate surface area is 122 Å². The van der Waals surface area contributed by atoms with Gasteiger partial charge in [-0.25, -0.2) is 0 Å². The Morgan fingerprint density at radius 1 is 1.15 bits per heavy atom. The molecule has 2 aromatic carbocycles. The Hall–Kier alpha value is -2.13. The first-order chi connectivity index (χ1) is 9.70. The van der Waals surface area contributed by atoms with Crippen molar-refractivity contribution in [2.24, 2.45) is 0 Å². The molecule has 0 spiro atoms. The number of hydrogen-bond acceptors (Lipinski definition) is 2. The number of benzene rings is 2. The second kappa shape index (κ2) is 5.10. The van der Waals surface area contributed by atoms with Crippen LogP contribution in [0.15, 0.2) is 48.7 Å². The monoisotopic (exact) mass is 286 g/mol. The fourth-order valence-electron chi connectivity index (χ4n) is 2.42. The largest absolute Gasteiger partial charge is 0.496 e. The smallest absolute Gasteiger partial charge is 0.128 e. The lowest BCUT2D eigenvalue weighted by Crippen LogP contribution is -2.02. The van der Waals surface area contributed by atoms with Gasteiger partial charge in [-0.05, 0) is 30.3 Å². The van der Waals surface area contributed by atoms with Crippen molar-refractivity contribution in [2.75, 3.05) is 12.8 Å². The van der Waals surface area contributed by atoms with Gasteiger partial charge in [0.2, 0.25) is 0 Å². The molecule has 2 N–H and O–H groups in total. The molecule has 0 amide bonds. The van der Waals surface area contributed by atoms with Gasteiger partial charge in [-0.1, -0.05) is 23.7 Å². The number of methoxy groups -OCH3 is 1. The second-order valence-corrected chi connectivity index (χ2v) is 5.05. The lowest BCUT2D eigenvalue weighted by Gasteiger charge is -2.11. The molecule has 0 fully saturated rings. The first-order valence-corrected chi connectivity index (χ1v) is 6.73. The minimum Gasteiger partial charge on any atom is -0.496 e. The van der Waals surface area contributed by atoms with Gasteiger partial charge in [0.15, 0.2) is 0 Å². The number of nitrogen functional groups attached to an aromatic ring is 1. The molecule has 3 rings (SSSR count). The normalized spacial score (nSPS) is 10.9. The Bertz CT molecular complexity index is 744. The number of hydrogen-bond donors (Lipinski definition) is 1. The molecule has 0 radical (unpaired) electrons. The number of nitrogens with zero attached hydrogens (tertiary/aromatic N) is 1. The summed E-state index contributed by atoms with van der Waals surface area (Å²) in [7, 11) is 1.68. The van der Waals surface area contributed by atoms with E-state index in [0.717, 1.165) is 22.2 Å². The van der Waals surface area contributed by atoms with Crippen LogP contribution in [0.2, 0.25) is 5.02 Å². The van der Waals surface area contributed by atoms with E-state index in [1.54, 1.807) is 7.11 Å². The lowest BCUT2D eigenvalue weighted by atomic mass is 10.1. The molecule has 0 bridgehead atoms. The molecular weight excluding hydrogens is 272 g/mol. The van der Waals surface area contributed by atoms with Gasteiger partial charge >= 0.3 is 0 Å². The summed E-state index contributed by atoms with van der Waals surface area (Å²) in [5.41, 5.74) is 8.77. The average Bonchev–Trinajstić information content (AvgIpc) is 2.86. The summed E-state index contributed by atoms with van der Waals surface area (Å²) in [6.45, 7) is 0.641. The van der Waals surface area contributed by atoms with Crippen molar-refractivity contribution in [3.05, 3.63) is 59.2 Å². The van der Waals surface area contributed by atoms with Crippen LogP contribution in [0.25, 0.3) is 10.9 Å². The minimum atomic E-state index is 0.641. The number of nitrogens with two attached hydrogens (primary N) is 1. The van der Waals surface area contributed by atoms with Crippen LogP contribution < -0.4 is 10.5 Å². The van der Waals surface area contributed by atoms with Gasteiger partial charge in [0.05, 0.1) is 19.2 Å². The van der Waals surface area contributed by atoms with Gasteiger partial charge in [0, 0.05) is 27.9 Å². The molecule has 0 atom stereocenters. The van der Waals surface area contributed by atoms with Crippen LogP contribution in [-0.4, -0.2) is 11.7 Å². The Morgan fingerprint density at radius 3 is 2.70 bits per heavy atom. The topological polar surface area (TPSA) is 40.2 Å². The predicted molar refractivity (Wildman–Crippen MR) is 83.5 cm³/mol. The molecule has 0 aliphatic heterocycles. The molecule has 1 aromatic heterocycles. The van der Waals surface area contributed by atoms with E-state index < -0.39 is 0 Å². The van der Waals surface area contributed by atoms with Crippen molar-refractivity contribution < 1.29 is 4.74 Å². The zero-order chi connectivity index (χ0) is 14.1. The highest BCUT2D eigenvalue weighted by atomic mass is 35.5. The third-order valence-electron chi connectivity index (χ3n) is 3.48. The lowest BCUT2D eigenvalue weighted by molar-refractivity contribution is 0.420. The van der Waals surface area contributed by atoms with Crippen LogP contribution in [0.3, 0.4) is 0 Å². The Morgan fingerprint density at radius 2 is 1.95 bits per heavy atom. The highest BCUT2D eigenvalue weighted by Crippen LogP contribution is 2.29. The molecule has 102 valence electrons. The van der Waals surface area contributed by atoms with E-state index in [0.29, 0.717) is 17.3 Å². The van der Waals surface area contributed by atoms with Gasteiger partial charge in [-0.2, -0.15) is 0 Å². The standard InChI is InChI=1S/C16H15ClN2O/c1-20-16-7-3-6-15-11(16)8-9-19(15)10-12-13(17)4-2-5-14(12)18/h2-9H,10,18H2,1H3. The van der Waals surface area contributed by atoms with Crippen molar-refractivity contribution in [3.63, 3.8) is 0 Å².